The summed E-state index contributed by atoms with van der Waals surface area (Å²) in [5.74, 6) is 0.0185. The molecule has 0 spiro atoms. The van der Waals surface area contributed by atoms with Gasteiger partial charge in [0, 0.05) is 42.4 Å². The van der Waals surface area contributed by atoms with Crippen molar-refractivity contribution in [3.05, 3.63) is 82.8 Å². The minimum Gasteiger partial charge on any atom is -0.481 e. The first kappa shape index (κ1) is 17.1. The molecule has 4 aromatic rings. The van der Waals surface area contributed by atoms with E-state index >= 15 is 0 Å². The first-order chi connectivity index (χ1) is 13.1. The van der Waals surface area contributed by atoms with Gasteiger partial charge in [-0.25, -0.2) is 14.4 Å². The molecule has 4 heterocycles. The summed E-state index contributed by atoms with van der Waals surface area (Å²) < 4.78 is 18.8. The number of aromatic nitrogens is 4. The minimum atomic E-state index is -0.392. The molecule has 6 heteroatoms. The molecule has 0 aromatic carbocycles. The molecule has 0 aliphatic carbocycles. The Morgan fingerprint density at radius 1 is 1.07 bits per heavy atom. The summed E-state index contributed by atoms with van der Waals surface area (Å²) in [4.78, 5) is 15.8. The van der Waals surface area contributed by atoms with E-state index in [1.807, 2.05) is 25.4 Å². The zero-order valence-corrected chi connectivity index (χ0v) is 15.1. The molecule has 1 N–H and O–H groups in total. The quantitative estimate of drug-likeness (QED) is 0.587. The number of hydrogen-bond acceptors (Lipinski definition) is 4. The molecule has 0 unspecified atom stereocenters. The molecule has 0 amide bonds. The normalized spacial score (nSPS) is 11.1. The molecule has 0 aliphatic rings. The Bertz CT molecular complexity index is 1110. The molecule has 0 saturated heterocycles. The zero-order valence-electron chi connectivity index (χ0n) is 15.1. The van der Waals surface area contributed by atoms with Gasteiger partial charge in [-0.05, 0) is 41.3 Å². The van der Waals surface area contributed by atoms with Gasteiger partial charge >= 0.3 is 0 Å². The van der Waals surface area contributed by atoms with E-state index in [1.54, 1.807) is 6.20 Å². The van der Waals surface area contributed by atoms with Gasteiger partial charge < -0.3 is 9.72 Å². The number of aryl methyl sites for hydroxylation is 1. The Morgan fingerprint density at radius 2 is 1.96 bits per heavy atom. The van der Waals surface area contributed by atoms with E-state index in [2.05, 4.69) is 32.2 Å². The van der Waals surface area contributed by atoms with Gasteiger partial charge in [0.1, 0.15) is 11.5 Å². The average molecular weight is 361 g/mol. The smallest absolute Gasteiger partial charge is 0.216 e. The number of nitrogens with zero attached hydrogens (tertiary/aromatic N) is 3. The highest BCUT2D eigenvalue weighted by molar-refractivity contribution is 5.80. The van der Waals surface area contributed by atoms with Crippen LogP contribution in [0.25, 0.3) is 11.0 Å². The van der Waals surface area contributed by atoms with Gasteiger partial charge in [0.25, 0.3) is 0 Å². The topological polar surface area (TPSA) is 63.7 Å². The molecule has 135 valence electrons. The lowest BCUT2D eigenvalue weighted by Gasteiger charge is -2.08. The van der Waals surface area contributed by atoms with Gasteiger partial charge in [-0.2, -0.15) is 0 Å². The number of fused-ring (bicyclic) bond motifs is 1. The Morgan fingerprint density at radius 3 is 2.81 bits per heavy atom. The van der Waals surface area contributed by atoms with Crippen LogP contribution in [-0.4, -0.2) is 27.0 Å². The van der Waals surface area contributed by atoms with Crippen LogP contribution in [0.15, 0.2) is 43.0 Å². The number of rotatable bonds is 5. The van der Waals surface area contributed by atoms with Crippen molar-refractivity contribution in [3.8, 4) is 5.88 Å². The predicted octanol–water partition coefficient (Wildman–Crippen LogP) is 3.79. The van der Waals surface area contributed by atoms with Crippen molar-refractivity contribution >= 4 is 11.0 Å². The fourth-order valence-corrected chi connectivity index (χ4v) is 3.19. The number of H-pyrrole nitrogens is 1. The van der Waals surface area contributed by atoms with Crippen LogP contribution in [0.5, 0.6) is 5.88 Å². The van der Waals surface area contributed by atoms with Crippen LogP contribution in [-0.2, 0) is 12.8 Å². The number of nitrogens with one attached hydrogen (secondary N) is 1. The van der Waals surface area contributed by atoms with Crippen LogP contribution < -0.4 is 4.74 Å². The van der Waals surface area contributed by atoms with Crippen LogP contribution in [0, 0.1) is 18.9 Å². The summed E-state index contributed by atoms with van der Waals surface area (Å²) in [5.41, 5.74) is 5.72. The summed E-state index contributed by atoms with van der Waals surface area (Å²) in [6.45, 7) is 2.03. The van der Waals surface area contributed by atoms with Gasteiger partial charge in [0.05, 0.1) is 19.5 Å². The van der Waals surface area contributed by atoms with E-state index in [-0.39, 0.29) is 0 Å². The third kappa shape index (κ3) is 3.65. The summed E-state index contributed by atoms with van der Waals surface area (Å²) in [6, 6.07) is 5.58. The third-order valence-corrected chi connectivity index (χ3v) is 4.41. The standard InChI is InChI=1S/C21H18FN4O/c1-13-3-19-17(11-25-20(19)24-8-13)6-15-4-14(9-23-10-15)5-16-7-18(22)12-26-21(16)27-2/h3-4,7-8,10-12H,5-6H2,1-2H3,(H,24,25). The van der Waals surface area contributed by atoms with E-state index in [1.165, 1.54) is 13.2 Å². The van der Waals surface area contributed by atoms with Crippen molar-refractivity contribution < 1.29 is 9.13 Å². The second-order valence-corrected chi connectivity index (χ2v) is 6.51. The van der Waals surface area contributed by atoms with Crippen molar-refractivity contribution in [1.29, 1.82) is 0 Å². The van der Waals surface area contributed by atoms with Crippen LogP contribution in [0.4, 0.5) is 4.39 Å². The monoisotopic (exact) mass is 361 g/mol. The Kier molecular flexibility index (Phi) is 4.54. The average Bonchev–Trinajstić information content (AvgIpc) is 3.04. The van der Waals surface area contributed by atoms with Gasteiger partial charge in [0.2, 0.25) is 5.88 Å². The Hall–Kier alpha value is -3.28. The van der Waals surface area contributed by atoms with Gasteiger partial charge in [-0.3, -0.25) is 4.98 Å². The third-order valence-electron chi connectivity index (χ3n) is 4.41. The molecule has 0 bridgehead atoms. The molecule has 0 fully saturated rings. The van der Waals surface area contributed by atoms with Gasteiger partial charge in [-0.15, -0.1) is 0 Å². The number of halogens is 1. The van der Waals surface area contributed by atoms with E-state index in [4.69, 9.17) is 4.74 Å². The summed E-state index contributed by atoms with van der Waals surface area (Å²) in [5, 5.41) is 1.11. The summed E-state index contributed by atoms with van der Waals surface area (Å²) in [6.07, 6.45) is 10.9. The maximum atomic E-state index is 13.5. The number of aromatic amines is 1. The molecular weight excluding hydrogens is 343 g/mol. The predicted molar refractivity (Wildman–Crippen MR) is 100 cm³/mol. The Labute approximate surface area is 156 Å². The molecule has 0 atom stereocenters. The van der Waals surface area contributed by atoms with Gasteiger partial charge in [-0.1, -0.05) is 6.07 Å². The van der Waals surface area contributed by atoms with Crippen LogP contribution in [0.1, 0.15) is 27.8 Å². The lowest BCUT2D eigenvalue weighted by Crippen LogP contribution is -1.99. The zero-order chi connectivity index (χ0) is 18.8. The lowest BCUT2D eigenvalue weighted by molar-refractivity contribution is 0.391. The van der Waals surface area contributed by atoms with Crippen molar-refractivity contribution in [3.63, 3.8) is 0 Å². The highest BCUT2D eigenvalue weighted by Gasteiger charge is 2.10. The van der Waals surface area contributed by atoms with Crippen molar-refractivity contribution in [2.45, 2.75) is 19.8 Å². The van der Waals surface area contributed by atoms with E-state index in [0.29, 0.717) is 17.9 Å². The number of ether oxygens (including phenoxy) is 1. The van der Waals surface area contributed by atoms with Crippen molar-refractivity contribution in [1.82, 2.24) is 19.9 Å². The lowest BCUT2D eigenvalue weighted by atomic mass is 10.0. The van der Waals surface area contributed by atoms with E-state index in [0.717, 1.165) is 45.9 Å². The summed E-state index contributed by atoms with van der Waals surface area (Å²) >= 11 is 0. The van der Waals surface area contributed by atoms with E-state index in [9.17, 15) is 4.39 Å². The minimum absolute atomic E-state index is 0.392. The van der Waals surface area contributed by atoms with Crippen LogP contribution >= 0.6 is 0 Å². The van der Waals surface area contributed by atoms with Crippen molar-refractivity contribution in [2.24, 2.45) is 0 Å². The first-order valence-electron chi connectivity index (χ1n) is 8.59. The molecule has 5 nitrogen and oxygen atoms in total. The van der Waals surface area contributed by atoms with Crippen molar-refractivity contribution in [2.75, 3.05) is 7.11 Å². The highest BCUT2D eigenvalue weighted by atomic mass is 19.1. The maximum Gasteiger partial charge on any atom is 0.216 e. The fourth-order valence-electron chi connectivity index (χ4n) is 3.19. The molecule has 1 radical (unpaired) electrons. The largest absolute Gasteiger partial charge is 0.481 e. The molecule has 4 aromatic heterocycles. The molecule has 0 aliphatic heterocycles. The molecule has 4 rings (SSSR count). The van der Waals surface area contributed by atoms with Crippen LogP contribution in [0.2, 0.25) is 0 Å². The van der Waals surface area contributed by atoms with Crippen LogP contribution in [0.3, 0.4) is 0 Å². The van der Waals surface area contributed by atoms with Gasteiger partial charge in [0.15, 0.2) is 0 Å². The summed E-state index contributed by atoms with van der Waals surface area (Å²) in [7, 11) is 1.52. The molecule has 27 heavy (non-hydrogen) atoms. The first-order valence-corrected chi connectivity index (χ1v) is 8.59. The number of pyridine rings is 3. The number of methoxy groups -OCH3 is 1. The Balaban J connectivity index is 1.61. The molecule has 0 saturated carbocycles. The second-order valence-electron chi connectivity index (χ2n) is 6.51. The highest BCUT2D eigenvalue weighted by Crippen LogP contribution is 2.23. The van der Waals surface area contributed by atoms with E-state index < -0.39 is 5.82 Å². The molecular formula is C21H18FN4O. The fraction of sp³-hybridized carbons (Fsp3) is 0.190. The second kappa shape index (κ2) is 7.15. The number of hydrogen-bond donors (Lipinski definition) is 1. The SMILES string of the molecule is COc1ncc(F)cc1Cc1[c]ncc(Cc2c[nH]c3ncc(C)cc23)c1. The maximum absolute atomic E-state index is 13.5.